The normalized spacial score (nSPS) is 12.7. The first-order chi connectivity index (χ1) is 8.67. The van der Waals surface area contributed by atoms with Crippen molar-refractivity contribution in [1.82, 2.24) is 5.43 Å². The molecule has 18 heavy (non-hydrogen) atoms. The number of hydrazine groups is 1. The van der Waals surface area contributed by atoms with Gasteiger partial charge in [0, 0.05) is 15.0 Å². The number of hydrogen-bond acceptors (Lipinski definition) is 2. The van der Waals surface area contributed by atoms with E-state index in [1.807, 2.05) is 6.07 Å². The highest BCUT2D eigenvalue weighted by Crippen LogP contribution is 2.26. The van der Waals surface area contributed by atoms with Crippen LogP contribution in [0, 0.1) is 0 Å². The van der Waals surface area contributed by atoms with Gasteiger partial charge in [-0.3, -0.25) is 11.3 Å². The van der Waals surface area contributed by atoms with E-state index < -0.39 is 0 Å². The molecule has 3 N–H and O–H groups in total. The maximum Gasteiger partial charge on any atom is 0.0460 e. The summed E-state index contributed by atoms with van der Waals surface area (Å²) in [6, 6.07) is 6.53. The molecule has 0 heterocycles. The molecule has 2 nitrogen and oxygen atoms in total. The molecule has 0 aliphatic carbocycles. The average molecular weight is 378 g/mol. The highest BCUT2D eigenvalue weighted by atomic mass is 79.9. The summed E-state index contributed by atoms with van der Waals surface area (Å²) >= 11 is 7.03. The van der Waals surface area contributed by atoms with Crippen LogP contribution >= 0.6 is 31.9 Å². The molecule has 0 bridgehead atoms. The lowest BCUT2D eigenvalue weighted by molar-refractivity contribution is 0.478. The Morgan fingerprint density at radius 2 is 1.67 bits per heavy atom. The van der Waals surface area contributed by atoms with Crippen molar-refractivity contribution in [2.45, 2.75) is 51.5 Å². The van der Waals surface area contributed by atoms with E-state index in [1.54, 1.807) is 0 Å². The van der Waals surface area contributed by atoms with Crippen LogP contribution in [-0.2, 0) is 0 Å². The molecule has 0 fully saturated rings. The molecule has 4 heteroatoms. The Morgan fingerprint density at radius 1 is 1.06 bits per heavy atom. The SMILES string of the molecule is CCCCCCCC(NN)c1cc(Br)cc(Br)c1. The molecule has 0 amide bonds. The van der Waals surface area contributed by atoms with Crippen LogP contribution in [0.3, 0.4) is 0 Å². The molecule has 0 aliphatic heterocycles. The molecule has 0 radical (unpaired) electrons. The zero-order valence-corrected chi connectivity index (χ0v) is 14.1. The van der Waals surface area contributed by atoms with Crippen molar-refractivity contribution in [3.8, 4) is 0 Å². The molecule has 1 aromatic rings. The van der Waals surface area contributed by atoms with Gasteiger partial charge in [-0.25, -0.2) is 0 Å². The summed E-state index contributed by atoms with van der Waals surface area (Å²) in [5, 5.41) is 0. The van der Waals surface area contributed by atoms with Crippen LogP contribution in [0.4, 0.5) is 0 Å². The number of unbranched alkanes of at least 4 members (excludes halogenated alkanes) is 4. The van der Waals surface area contributed by atoms with Gasteiger partial charge in [-0.05, 0) is 30.2 Å². The second-order valence-corrected chi connectivity index (χ2v) is 6.46. The third-order valence-corrected chi connectivity index (χ3v) is 4.00. The molecule has 0 saturated heterocycles. The molecule has 102 valence electrons. The monoisotopic (exact) mass is 376 g/mol. The zero-order valence-electron chi connectivity index (χ0n) is 10.9. The summed E-state index contributed by atoms with van der Waals surface area (Å²) in [7, 11) is 0. The molecule has 0 aliphatic rings. The van der Waals surface area contributed by atoms with Crippen molar-refractivity contribution >= 4 is 31.9 Å². The maximum absolute atomic E-state index is 5.67. The molecular formula is C14H22Br2N2. The largest absolute Gasteiger partial charge is 0.271 e. The number of hydrogen-bond donors (Lipinski definition) is 2. The zero-order chi connectivity index (χ0) is 13.4. The Hall–Kier alpha value is 0.1000. The highest BCUT2D eigenvalue weighted by molar-refractivity contribution is 9.11. The van der Waals surface area contributed by atoms with E-state index in [-0.39, 0.29) is 6.04 Å². The molecule has 1 unspecified atom stereocenters. The second kappa shape index (κ2) is 9.08. The van der Waals surface area contributed by atoms with Crippen LogP contribution in [-0.4, -0.2) is 0 Å². The summed E-state index contributed by atoms with van der Waals surface area (Å²) < 4.78 is 2.16. The average Bonchev–Trinajstić information content (AvgIpc) is 2.32. The van der Waals surface area contributed by atoms with Crippen LogP contribution in [0.2, 0.25) is 0 Å². The third-order valence-electron chi connectivity index (χ3n) is 3.08. The Balaban J connectivity index is 2.49. The number of rotatable bonds is 8. The topological polar surface area (TPSA) is 38.0 Å². The summed E-state index contributed by atoms with van der Waals surface area (Å²) in [4.78, 5) is 0. The molecule has 1 rings (SSSR count). The molecule has 1 aromatic carbocycles. The summed E-state index contributed by atoms with van der Waals surface area (Å²) in [6.45, 7) is 2.24. The van der Waals surface area contributed by atoms with E-state index in [4.69, 9.17) is 5.84 Å². The first kappa shape index (κ1) is 16.2. The fourth-order valence-corrected chi connectivity index (χ4v) is 3.40. The molecule has 1 atom stereocenters. The van der Waals surface area contributed by atoms with Gasteiger partial charge in [-0.1, -0.05) is 70.9 Å². The Bertz CT molecular complexity index is 335. The standard InChI is InChI=1S/C14H22Br2N2/c1-2-3-4-5-6-7-14(18-17)11-8-12(15)10-13(16)9-11/h8-10,14,18H,2-7,17H2,1H3. The number of nitrogens with two attached hydrogens (primary N) is 1. The fourth-order valence-electron chi connectivity index (χ4n) is 2.07. The van der Waals surface area contributed by atoms with Gasteiger partial charge in [0.15, 0.2) is 0 Å². The van der Waals surface area contributed by atoms with Crippen molar-refractivity contribution < 1.29 is 0 Å². The van der Waals surface area contributed by atoms with Gasteiger partial charge in [0.1, 0.15) is 0 Å². The lowest BCUT2D eigenvalue weighted by Crippen LogP contribution is -2.28. The van der Waals surface area contributed by atoms with Crippen molar-refractivity contribution in [2.75, 3.05) is 0 Å². The predicted molar refractivity (Wildman–Crippen MR) is 85.3 cm³/mol. The van der Waals surface area contributed by atoms with Crippen LogP contribution in [0.25, 0.3) is 0 Å². The lowest BCUT2D eigenvalue weighted by Gasteiger charge is -2.17. The van der Waals surface area contributed by atoms with Crippen molar-refractivity contribution in [1.29, 1.82) is 0 Å². The Morgan fingerprint density at radius 3 is 2.22 bits per heavy atom. The molecule has 0 spiro atoms. The number of halogens is 2. The van der Waals surface area contributed by atoms with Crippen LogP contribution in [0.1, 0.15) is 57.1 Å². The minimum Gasteiger partial charge on any atom is -0.271 e. The van der Waals surface area contributed by atoms with E-state index in [0.29, 0.717) is 0 Å². The fraction of sp³-hybridized carbons (Fsp3) is 0.571. The van der Waals surface area contributed by atoms with E-state index >= 15 is 0 Å². The first-order valence-corrected chi connectivity index (χ1v) is 8.18. The van der Waals surface area contributed by atoms with E-state index in [1.165, 1.54) is 37.7 Å². The quantitative estimate of drug-likeness (QED) is 0.376. The smallest absolute Gasteiger partial charge is 0.0460 e. The van der Waals surface area contributed by atoms with Gasteiger partial charge in [-0.15, -0.1) is 0 Å². The lowest BCUT2D eigenvalue weighted by atomic mass is 10.0. The first-order valence-electron chi connectivity index (χ1n) is 6.59. The predicted octanol–water partition coefficient (Wildman–Crippen LogP) is 5.08. The molecular weight excluding hydrogens is 356 g/mol. The number of benzene rings is 1. The highest BCUT2D eigenvalue weighted by Gasteiger charge is 2.10. The summed E-state index contributed by atoms with van der Waals surface area (Å²) in [6.07, 6.45) is 7.56. The minimum absolute atomic E-state index is 0.237. The Labute approximate surface area is 127 Å². The summed E-state index contributed by atoms with van der Waals surface area (Å²) in [5.74, 6) is 5.67. The number of nitrogens with one attached hydrogen (secondary N) is 1. The molecule has 0 saturated carbocycles. The van der Waals surface area contributed by atoms with E-state index in [2.05, 4.69) is 56.3 Å². The summed E-state index contributed by atoms with van der Waals surface area (Å²) in [5.41, 5.74) is 4.15. The van der Waals surface area contributed by atoms with Gasteiger partial charge in [-0.2, -0.15) is 0 Å². The van der Waals surface area contributed by atoms with Gasteiger partial charge < -0.3 is 0 Å². The van der Waals surface area contributed by atoms with Gasteiger partial charge in [0.25, 0.3) is 0 Å². The maximum atomic E-state index is 5.67. The van der Waals surface area contributed by atoms with Gasteiger partial charge >= 0.3 is 0 Å². The Kier molecular flexibility index (Phi) is 8.15. The molecule has 0 aromatic heterocycles. The second-order valence-electron chi connectivity index (χ2n) is 4.62. The van der Waals surface area contributed by atoms with Crippen molar-refractivity contribution in [3.05, 3.63) is 32.7 Å². The van der Waals surface area contributed by atoms with Crippen LogP contribution < -0.4 is 11.3 Å². The van der Waals surface area contributed by atoms with Crippen LogP contribution in [0.5, 0.6) is 0 Å². The van der Waals surface area contributed by atoms with Gasteiger partial charge in [0.05, 0.1) is 0 Å². The minimum atomic E-state index is 0.237. The third kappa shape index (κ3) is 5.83. The van der Waals surface area contributed by atoms with Gasteiger partial charge in [0.2, 0.25) is 0 Å². The van der Waals surface area contributed by atoms with Crippen molar-refractivity contribution in [2.24, 2.45) is 5.84 Å². The van der Waals surface area contributed by atoms with E-state index in [9.17, 15) is 0 Å². The van der Waals surface area contributed by atoms with Crippen molar-refractivity contribution in [3.63, 3.8) is 0 Å². The van der Waals surface area contributed by atoms with E-state index in [0.717, 1.165) is 15.4 Å². The van der Waals surface area contributed by atoms with Crippen LogP contribution in [0.15, 0.2) is 27.1 Å².